The van der Waals surface area contributed by atoms with E-state index in [1.807, 2.05) is 0 Å². The highest BCUT2D eigenvalue weighted by Crippen LogP contribution is 2.30. The molecule has 0 spiro atoms. The van der Waals surface area contributed by atoms with Crippen molar-refractivity contribution in [3.05, 3.63) is 58.4 Å². The Morgan fingerprint density at radius 2 is 1.72 bits per heavy atom. The fourth-order valence-electron chi connectivity index (χ4n) is 3.34. The van der Waals surface area contributed by atoms with Gasteiger partial charge in [-0.2, -0.15) is 0 Å². The fourth-order valence-corrected chi connectivity index (χ4v) is 3.34. The highest BCUT2D eigenvalue weighted by atomic mass is 19.1. The summed E-state index contributed by atoms with van der Waals surface area (Å²) in [6.07, 6.45) is 0. The number of ether oxygens (including phenoxy) is 4. The van der Waals surface area contributed by atoms with Crippen LogP contribution < -0.4 is 10.1 Å². The van der Waals surface area contributed by atoms with Crippen molar-refractivity contribution in [1.82, 2.24) is 4.90 Å². The normalized spacial score (nSPS) is 12.5. The van der Waals surface area contributed by atoms with E-state index in [4.69, 9.17) is 9.47 Å². The summed E-state index contributed by atoms with van der Waals surface area (Å²) in [5, 5.41) is 2.65. The number of benzene rings is 2. The van der Waals surface area contributed by atoms with Crippen molar-refractivity contribution in [1.29, 1.82) is 0 Å². The maximum Gasteiger partial charge on any atom is 0.337 e. The number of nitrogens with one attached hydrogen (secondary N) is 1. The molecule has 0 aromatic heterocycles. The number of anilines is 1. The van der Waals surface area contributed by atoms with Gasteiger partial charge in [-0.05, 0) is 37.4 Å². The summed E-state index contributed by atoms with van der Waals surface area (Å²) >= 11 is 0. The minimum Gasteiger partial charge on any atom is -0.467 e. The second kappa shape index (κ2) is 10.2. The third-order valence-electron chi connectivity index (χ3n) is 4.66. The van der Waals surface area contributed by atoms with Gasteiger partial charge < -0.3 is 24.3 Å². The zero-order chi connectivity index (χ0) is 23.3. The molecule has 1 amide bonds. The van der Waals surface area contributed by atoms with Crippen molar-refractivity contribution in [2.45, 2.75) is 13.2 Å². The van der Waals surface area contributed by atoms with Crippen LogP contribution in [-0.2, 0) is 32.2 Å². The van der Waals surface area contributed by atoms with Crippen molar-refractivity contribution in [2.24, 2.45) is 0 Å². The van der Waals surface area contributed by atoms with Gasteiger partial charge in [0.2, 0.25) is 5.91 Å². The molecule has 1 aliphatic heterocycles. The number of hydrogen-bond donors (Lipinski definition) is 1. The molecule has 0 unspecified atom stereocenters. The average Bonchev–Trinajstić information content (AvgIpc) is 2.77. The number of esters is 2. The average molecular weight is 446 g/mol. The molecule has 0 aliphatic carbocycles. The van der Waals surface area contributed by atoms with Crippen LogP contribution in [0.4, 0.5) is 10.1 Å². The number of rotatable bonds is 7. The summed E-state index contributed by atoms with van der Waals surface area (Å²) in [5.74, 6) is -1.59. The maximum absolute atomic E-state index is 13.9. The Kier molecular flexibility index (Phi) is 7.39. The molecule has 0 fully saturated rings. The number of halogens is 1. The summed E-state index contributed by atoms with van der Waals surface area (Å²) in [7, 11) is 4.11. The molecular formula is C22H23FN2O7. The second-order valence-corrected chi connectivity index (χ2v) is 7.17. The molecule has 32 heavy (non-hydrogen) atoms. The monoisotopic (exact) mass is 446 g/mol. The van der Waals surface area contributed by atoms with Crippen LogP contribution in [0.3, 0.4) is 0 Å². The number of methoxy groups -OCH3 is 2. The van der Waals surface area contributed by atoms with Gasteiger partial charge in [0, 0.05) is 23.4 Å². The molecule has 10 heteroatoms. The lowest BCUT2D eigenvalue weighted by molar-refractivity contribution is -0.117. The summed E-state index contributed by atoms with van der Waals surface area (Å²) in [4.78, 5) is 38.0. The first-order valence-corrected chi connectivity index (χ1v) is 9.62. The number of amides is 1. The Morgan fingerprint density at radius 3 is 2.34 bits per heavy atom. The maximum atomic E-state index is 13.9. The molecule has 0 saturated carbocycles. The quantitative estimate of drug-likeness (QED) is 0.647. The largest absolute Gasteiger partial charge is 0.467 e. The molecule has 3 rings (SSSR count). The van der Waals surface area contributed by atoms with Crippen LogP contribution in [0.15, 0.2) is 30.3 Å². The molecule has 0 atom stereocenters. The highest BCUT2D eigenvalue weighted by molar-refractivity contribution is 5.99. The van der Waals surface area contributed by atoms with E-state index in [1.165, 1.54) is 44.6 Å². The van der Waals surface area contributed by atoms with Crippen molar-refractivity contribution in [3.63, 3.8) is 0 Å². The van der Waals surface area contributed by atoms with E-state index in [9.17, 15) is 18.8 Å². The molecular weight excluding hydrogens is 423 g/mol. The van der Waals surface area contributed by atoms with E-state index < -0.39 is 23.7 Å². The molecule has 2 aromatic carbocycles. The van der Waals surface area contributed by atoms with Crippen molar-refractivity contribution in [3.8, 4) is 5.75 Å². The van der Waals surface area contributed by atoms with Crippen LogP contribution >= 0.6 is 0 Å². The number of hydrogen-bond acceptors (Lipinski definition) is 8. The molecule has 9 nitrogen and oxygen atoms in total. The summed E-state index contributed by atoms with van der Waals surface area (Å²) < 4.78 is 34.0. The van der Waals surface area contributed by atoms with Crippen LogP contribution in [0.5, 0.6) is 5.75 Å². The first kappa shape index (κ1) is 23.2. The SMILES string of the molecule is COC(=O)c1cc(NC(=O)CN(C)Cc2cc(F)cc3c2OCOC3)cc(C(=O)OC)c1. The molecule has 1 N–H and O–H groups in total. The van der Waals surface area contributed by atoms with Gasteiger partial charge >= 0.3 is 11.9 Å². The first-order chi connectivity index (χ1) is 15.3. The molecule has 2 aromatic rings. The predicted octanol–water partition coefficient (Wildman–Crippen LogP) is 2.34. The lowest BCUT2D eigenvalue weighted by Gasteiger charge is -2.23. The lowest BCUT2D eigenvalue weighted by atomic mass is 10.1. The first-order valence-electron chi connectivity index (χ1n) is 9.62. The van der Waals surface area contributed by atoms with Gasteiger partial charge in [-0.3, -0.25) is 9.69 Å². The summed E-state index contributed by atoms with van der Waals surface area (Å²) in [6, 6.07) is 6.83. The minimum atomic E-state index is -0.664. The summed E-state index contributed by atoms with van der Waals surface area (Å²) in [6.45, 7) is 0.541. The molecule has 170 valence electrons. The number of nitrogens with zero attached hydrogens (tertiary/aromatic N) is 1. The van der Waals surface area contributed by atoms with Gasteiger partial charge in [-0.15, -0.1) is 0 Å². The van der Waals surface area contributed by atoms with Gasteiger partial charge in [0.15, 0.2) is 6.79 Å². The Hall–Kier alpha value is -3.50. The van der Waals surface area contributed by atoms with Crippen LogP contribution in [0, 0.1) is 5.82 Å². The number of carbonyl (C=O) groups is 3. The predicted molar refractivity (Wildman–Crippen MR) is 111 cm³/mol. The number of likely N-dealkylation sites (N-methyl/N-ethyl adjacent to an activating group) is 1. The van der Waals surface area contributed by atoms with Crippen LogP contribution in [-0.4, -0.2) is 57.4 Å². The Labute approximate surface area is 184 Å². The van der Waals surface area contributed by atoms with Gasteiger partial charge in [-0.25, -0.2) is 14.0 Å². The van der Waals surface area contributed by atoms with E-state index in [0.717, 1.165) is 0 Å². The third kappa shape index (κ3) is 5.59. The van der Waals surface area contributed by atoms with Crippen LogP contribution in [0.2, 0.25) is 0 Å². The number of carbonyl (C=O) groups excluding carboxylic acids is 3. The molecule has 0 radical (unpaired) electrons. The van der Waals surface area contributed by atoms with E-state index in [-0.39, 0.29) is 43.3 Å². The van der Waals surface area contributed by atoms with Gasteiger partial charge in [0.25, 0.3) is 0 Å². The lowest BCUT2D eigenvalue weighted by Crippen LogP contribution is -2.30. The Morgan fingerprint density at radius 1 is 1.06 bits per heavy atom. The molecule has 0 saturated heterocycles. The Bertz CT molecular complexity index is 1010. The molecule has 0 bridgehead atoms. The Balaban J connectivity index is 1.71. The zero-order valence-electron chi connectivity index (χ0n) is 17.9. The van der Waals surface area contributed by atoms with Crippen LogP contribution in [0.25, 0.3) is 0 Å². The minimum absolute atomic E-state index is 0.0439. The van der Waals surface area contributed by atoms with E-state index in [0.29, 0.717) is 16.9 Å². The second-order valence-electron chi connectivity index (χ2n) is 7.17. The summed E-state index contributed by atoms with van der Waals surface area (Å²) in [5.41, 5.74) is 1.61. The van der Waals surface area contributed by atoms with Crippen molar-refractivity contribution in [2.75, 3.05) is 39.9 Å². The molecule has 1 heterocycles. The van der Waals surface area contributed by atoms with Gasteiger partial charge in [-0.1, -0.05) is 0 Å². The molecule has 1 aliphatic rings. The standard InChI is InChI=1S/C22H23FN2O7/c1-25(9-15-5-17(23)6-16-11-31-12-32-20(15)16)10-19(26)24-18-7-13(21(27)29-2)4-14(8-18)22(28)30-3/h4-8H,9-12H2,1-3H3,(H,24,26). The van der Waals surface area contributed by atoms with E-state index in [2.05, 4.69) is 14.8 Å². The topological polar surface area (TPSA) is 103 Å². The van der Waals surface area contributed by atoms with E-state index >= 15 is 0 Å². The third-order valence-corrected chi connectivity index (χ3v) is 4.66. The highest BCUT2D eigenvalue weighted by Gasteiger charge is 2.19. The van der Waals surface area contributed by atoms with Crippen molar-refractivity contribution < 1.29 is 37.7 Å². The van der Waals surface area contributed by atoms with E-state index in [1.54, 1.807) is 11.9 Å². The fraction of sp³-hybridized carbons (Fsp3) is 0.318. The number of fused-ring (bicyclic) bond motifs is 1. The zero-order valence-corrected chi connectivity index (χ0v) is 17.9. The van der Waals surface area contributed by atoms with Gasteiger partial charge in [0.05, 0.1) is 38.5 Å². The van der Waals surface area contributed by atoms with Gasteiger partial charge in [0.1, 0.15) is 11.6 Å². The smallest absolute Gasteiger partial charge is 0.337 e. The van der Waals surface area contributed by atoms with Crippen LogP contribution in [0.1, 0.15) is 31.8 Å². The van der Waals surface area contributed by atoms with Crippen molar-refractivity contribution >= 4 is 23.5 Å².